The molecule has 0 fully saturated rings. The van der Waals surface area contributed by atoms with E-state index in [2.05, 4.69) is 4.52 Å². The third kappa shape index (κ3) is 10.9. The zero-order chi connectivity index (χ0) is 5.21. The Morgan fingerprint density at radius 1 is 1.71 bits per heavy atom. The van der Waals surface area contributed by atoms with Crippen LogP contribution < -0.4 is 0 Å². The minimum Gasteiger partial charge on any atom is -0.324 e. The van der Waals surface area contributed by atoms with Crippen LogP contribution in [0.5, 0.6) is 0 Å². The second-order valence-electron chi connectivity index (χ2n) is 0.986. The summed E-state index contributed by atoms with van der Waals surface area (Å²) < 4.78 is 14.0. The molecule has 1 atom stereocenters. The van der Waals surface area contributed by atoms with Crippen LogP contribution in [-0.2, 0) is 30.8 Å². The minimum absolute atomic E-state index is 0. The molecule has 0 aliphatic rings. The summed E-state index contributed by atoms with van der Waals surface area (Å²) in [7, 11) is -1.95. The molecular formula is C2H7O3PTi. The Bertz CT molecular complexity index is 77.0. The third-order valence-corrected chi connectivity index (χ3v) is 1.02. The molecule has 0 aromatic rings. The molecule has 0 amide bonds. The van der Waals surface area contributed by atoms with Gasteiger partial charge in [0.15, 0.2) is 0 Å². The van der Waals surface area contributed by atoms with Gasteiger partial charge in [-0.05, 0) is 0 Å². The van der Waals surface area contributed by atoms with Gasteiger partial charge < -0.3 is 9.42 Å². The summed E-state index contributed by atoms with van der Waals surface area (Å²) in [5.74, 6) is 0. The van der Waals surface area contributed by atoms with Crippen molar-refractivity contribution in [2.24, 2.45) is 0 Å². The van der Waals surface area contributed by atoms with E-state index in [1.165, 1.54) is 7.11 Å². The average molecular weight is 158 g/mol. The fraction of sp³-hybridized carbons (Fsp3) is 1.00. The standard InChI is InChI=1S/C2H7O3P.Ti/c1-5-6(2,3)4;/h1-2H3,(H,3,4);. The fourth-order valence-electron chi connectivity index (χ4n) is 0. The zero-order valence-electron chi connectivity index (χ0n) is 4.21. The van der Waals surface area contributed by atoms with Gasteiger partial charge in [0, 0.05) is 35.5 Å². The van der Waals surface area contributed by atoms with Crippen LogP contribution in [0, 0.1) is 0 Å². The molecule has 0 aliphatic heterocycles. The normalized spacial score (nSPS) is 17.0. The molecule has 3 nitrogen and oxygen atoms in total. The maximum Gasteiger partial charge on any atom is 0.324 e. The smallest absolute Gasteiger partial charge is 0.324 e. The Morgan fingerprint density at radius 2 is 1.86 bits per heavy atom. The van der Waals surface area contributed by atoms with Gasteiger partial charge in [-0.1, -0.05) is 0 Å². The first kappa shape index (κ1) is 10.8. The molecule has 0 spiro atoms. The van der Waals surface area contributed by atoms with E-state index in [0.29, 0.717) is 0 Å². The first-order chi connectivity index (χ1) is 2.56. The van der Waals surface area contributed by atoms with Crippen molar-refractivity contribution in [2.45, 2.75) is 0 Å². The van der Waals surface area contributed by atoms with Crippen molar-refractivity contribution in [2.75, 3.05) is 13.8 Å². The van der Waals surface area contributed by atoms with Crippen molar-refractivity contribution in [1.29, 1.82) is 0 Å². The SMILES string of the molecule is COP(C)(=O)O.[Ti]. The predicted molar refractivity (Wildman–Crippen MR) is 22.8 cm³/mol. The molecule has 1 N–H and O–H groups in total. The monoisotopic (exact) mass is 158 g/mol. The Balaban J connectivity index is 0. The van der Waals surface area contributed by atoms with Gasteiger partial charge in [-0.15, -0.1) is 0 Å². The molecule has 0 saturated heterocycles. The van der Waals surface area contributed by atoms with E-state index < -0.39 is 7.60 Å². The molecule has 0 aromatic carbocycles. The van der Waals surface area contributed by atoms with Crippen LogP contribution in [0.3, 0.4) is 0 Å². The van der Waals surface area contributed by atoms with Crippen LogP contribution in [0.25, 0.3) is 0 Å². The average Bonchev–Trinajstić information content (AvgIpc) is 1.35. The second-order valence-corrected chi connectivity index (χ2v) is 2.96. The van der Waals surface area contributed by atoms with Crippen molar-refractivity contribution in [3.05, 3.63) is 0 Å². The largest absolute Gasteiger partial charge is 0.324 e. The minimum atomic E-state index is -3.15. The quantitative estimate of drug-likeness (QED) is 0.444. The van der Waals surface area contributed by atoms with E-state index in [-0.39, 0.29) is 21.7 Å². The molecule has 0 bridgehead atoms. The van der Waals surface area contributed by atoms with Gasteiger partial charge in [-0.25, -0.2) is 0 Å². The number of hydrogen-bond acceptors (Lipinski definition) is 2. The molecule has 0 aliphatic carbocycles. The van der Waals surface area contributed by atoms with Crippen molar-refractivity contribution in [3.8, 4) is 0 Å². The summed E-state index contributed by atoms with van der Waals surface area (Å²) in [5.41, 5.74) is 0. The van der Waals surface area contributed by atoms with Gasteiger partial charge in [0.1, 0.15) is 0 Å². The maximum absolute atomic E-state index is 9.92. The first-order valence-corrected chi connectivity index (χ1v) is 3.45. The molecule has 0 saturated carbocycles. The van der Waals surface area contributed by atoms with Crippen LogP contribution >= 0.6 is 7.60 Å². The first-order valence-electron chi connectivity index (χ1n) is 1.42. The van der Waals surface area contributed by atoms with Gasteiger partial charge in [0.25, 0.3) is 0 Å². The second kappa shape index (κ2) is 3.82. The molecular weight excluding hydrogens is 151 g/mol. The summed E-state index contributed by atoms with van der Waals surface area (Å²) in [6.07, 6.45) is 0. The van der Waals surface area contributed by atoms with Crippen LogP contribution in [-0.4, -0.2) is 18.7 Å². The van der Waals surface area contributed by atoms with Crippen LogP contribution in [0.4, 0.5) is 0 Å². The maximum atomic E-state index is 9.92. The van der Waals surface area contributed by atoms with Gasteiger partial charge in [0.2, 0.25) is 0 Å². The van der Waals surface area contributed by atoms with Gasteiger partial charge in [0.05, 0.1) is 0 Å². The third-order valence-electron chi connectivity index (χ3n) is 0.339. The molecule has 7 heavy (non-hydrogen) atoms. The van der Waals surface area contributed by atoms with E-state index in [9.17, 15) is 4.57 Å². The number of hydrogen-bond donors (Lipinski definition) is 1. The Hall–Kier alpha value is 0.864. The predicted octanol–water partition coefficient (Wildman–Crippen LogP) is 0.445. The Kier molecular flexibility index (Phi) is 5.88. The summed E-state index contributed by atoms with van der Waals surface area (Å²) in [6, 6.07) is 0. The summed E-state index contributed by atoms with van der Waals surface area (Å²) in [4.78, 5) is 8.16. The molecule has 5 heteroatoms. The van der Waals surface area contributed by atoms with E-state index in [1.807, 2.05) is 0 Å². The molecule has 0 heterocycles. The summed E-state index contributed by atoms with van der Waals surface area (Å²) >= 11 is 0. The Labute approximate surface area is 57.5 Å². The van der Waals surface area contributed by atoms with Crippen molar-refractivity contribution in [3.63, 3.8) is 0 Å². The van der Waals surface area contributed by atoms with Crippen molar-refractivity contribution in [1.82, 2.24) is 0 Å². The molecule has 0 radical (unpaired) electrons. The van der Waals surface area contributed by atoms with Crippen molar-refractivity contribution >= 4 is 7.60 Å². The molecule has 42 valence electrons. The van der Waals surface area contributed by atoms with Gasteiger partial charge >= 0.3 is 7.60 Å². The molecule has 0 rings (SSSR count). The molecule has 0 aromatic heterocycles. The van der Waals surface area contributed by atoms with Crippen LogP contribution in [0.15, 0.2) is 0 Å². The van der Waals surface area contributed by atoms with Gasteiger partial charge in [-0.3, -0.25) is 4.57 Å². The van der Waals surface area contributed by atoms with Crippen LogP contribution in [0.2, 0.25) is 0 Å². The van der Waals surface area contributed by atoms with E-state index in [0.717, 1.165) is 6.66 Å². The van der Waals surface area contributed by atoms with Crippen molar-refractivity contribution < 1.29 is 35.7 Å². The molecule has 1 unspecified atom stereocenters. The fourth-order valence-corrected chi connectivity index (χ4v) is 0. The summed E-state index contributed by atoms with van der Waals surface area (Å²) in [5, 5.41) is 0. The summed E-state index contributed by atoms with van der Waals surface area (Å²) in [6.45, 7) is 1.13. The topological polar surface area (TPSA) is 46.5 Å². The van der Waals surface area contributed by atoms with E-state index >= 15 is 0 Å². The number of rotatable bonds is 1. The van der Waals surface area contributed by atoms with E-state index in [1.54, 1.807) is 0 Å². The zero-order valence-corrected chi connectivity index (χ0v) is 6.67. The Morgan fingerprint density at radius 3 is 1.86 bits per heavy atom. The van der Waals surface area contributed by atoms with Gasteiger partial charge in [-0.2, -0.15) is 0 Å². The van der Waals surface area contributed by atoms with E-state index in [4.69, 9.17) is 4.89 Å². The van der Waals surface area contributed by atoms with Crippen LogP contribution in [0.1, 0.15) is 0 Å².